The molecule has 1 aliphatic carbocycles. The van der Waals surface area contributed by atoms with Crippen LogP contribution in [-0.4, -0.2) is 37.5 Å². The van der Waals surface area contributed by atoms with Gasteiger partial charge in [-0.2, -0.15) is 0 Å². The molecule has 5 heteroatoms. The minimum atomic E-state index is -0.218. The predicted octanol–water partition coefficient (Wildman–Crippen LogP) is 1.06. The van der Waals surface area contributed by atoms with Gasteiger partial charge >= 0.3 is 0 Å². The first-order valence-corrected chi connectivity index (χ1v) is 7.49. The summed E-state index contributed by atoms with van der Waals surface area (Å²) in [4.78, 5) is 23.7. The number of hydrogen-bond donors (Lipinski definition) is 3. The van der Waals surface area contributed by atoms with Crippen molar-refractivity contribution in [3.63, 3.8) is 0 Å². The number of hydrogen-bond acceptors (Lipinski definition) is 3. The normalized spacial score (nSPS) is 21.6. The van der Waals surface area contributed by atoms with Crippen LogP contribution in [0.25, 0.3) is 0 Å². The molecule has 1 aromatic rings. The molecular formula is C16H23N3O2. The average Bonchev–Trinajstić information content (AvgIpc) is 2.54. The van der Waals surface area contributed by atoms with Crippen molar-refractivity contribution in [3.05, 3.63) is 35.9 Å². The Hall–Kier alpha value is -1.88. The lowest BCUT2D eigenvalue weighted by atomic mass is 9.91. The number of nitrogens with one attached hydrogen (secondary N) is 3. The minimum absolute atomic E-state index is 0.0275. The van der Waals surface area contributed by atoms with E-state index in [-0.39, 0.29) is 24.4 Å². The van der Waals surface area contributed by atoms with Crippen LogP contribution in [-0.2, 0) is 4.79 Å². The van der Waals surface area contributed by atoms with Gasteiger partial charge in [0.1, 0.15) is 0 Å². The monoisotopic (exact) mass is 289 g/mol. The molecule has 5 nitrogen and oxygen atoms in total. The molecule has 0 saturated heterocycles. The Balaban J connectivity index is 1.69. The summed E-state index contributed by atoms with van der Waals surface area (Å²) in [6.45, 7) is 0.0275. The molecule has 1 aliphatic rings. The third-order valence-electron chi connectivity index (χ3n) is 3.95. The number of carbonyl (C=O) groups is 2. The Kier molecular flexibility index (Phi) is 5.75. The average molecular weight is 289 g/mol. The van der Waals surface area contributed by atoms with Gasteiger partial charge in [-0.1, -0.05) is 18.2 Å². The SMILES string of the molecule is CNC1CCC(NC(=O)CNC(=O)c2ccccc2)CC1. The summed E-state index contributed by atoms with van der Waals surface area (Å²) in [7, 11) is 1.97. The molecule has 114 valence electrons. The Morgan fingerprint density at radius 3 is 2.29 bits per heavy atom. The fourth-order valence-corrected chi connectivity index (χ4v) is 2.66. The maximum absolute atomic E-state index is 11.9. The zero-order chi connectivity index (χ0) is 15.1. The molecule has 0 bridgehead atoms. The first-order chi connectivity index (χ1) is 10.2. The lowest BCUT2D eigenvalue weighted by Crippen LogP contribution is -2.45. The van der Waals surface area contributed by atoms with Crippen molar-refractivity contribution in [2.24, 2.45) is 0 Å². The van der Waals surface area contributed by atoms with Crippen LogP contribution in [0.2, 0.25) is 0 Å². The van der Waals surface area contributed by atoms with Gasteiger partial charge in [0.2, 0.25) is 5.91 Å². The number of rotatable bonds is 5. The van der Waals surface area contributed by atoms with Crippen molar-refractivity contribution in [3.8, 4) is 0 Å². The fraction of sp³-hybridized carbons (Fsp3) is 0.500. The zero-order valence-corrected chi connectivity index (χ0v) is 12.4. The van der Waals surface area contributed by atoms with E-state index >= 15 is 0 Å². The van der Waals surface area contributed by atoms with Crippen LogP contribution in [0.15, 0.2) is 30.3 Å². The zero-order valence-electron chi connectivity index (χ0n) is 12.4. The first-order valence-electron chi connectivity index (χ1n) is 7.49. The molecule has 0 atom stereocenters. The maximum atomic E-state index is 11.9. The van der Waals surface area contributed by atoms with Gasteiger partial charge in [-0.05, 0) is 44.9 Å². The van der Waals surface area contributed by atoms with E-state index in [1.165, 1.54) is 0 Å². The van der Waals surface area contributed by atoms with E-state index in [0.29, 0.717) is 11.6 Å². The molecule has 0 aliphatic heterocycles. The van der Waals surface area contributed by atoms with Gasteiger partial charge in [-0.25, -0.2) is 0 Å². The Bertz CT molecular complexity index is 468. The maximum Gasteiger partial charge on any atom is 0.251 e. The summed E-state index contributed by atoms with van der Waals surface area (Å²) in [5, 5.41) is 8.90. The van der Waals surface area contributed by atoms with Crippen LogP contribution in [0.1, 0.15) is 36.0 Å². The van der Waals surface area contributed by atoms with Gasteiger partial charge in [0, 0.05) is 17.6 Å². The molecule has 3 N–H and O–H groups in total. The van der Waals surface area contributed by atoms with E-state index < -0.39 is 0 Å². The Morgan fingerprint density at radius 2 is 1.67 bits per heavy atom. The second-order valence-electron chi connectivity index (χ2n) is 5.45. The molecule has 1 saturated carbocycles. The molecule has 21 heavy (non-hydrogen) atoms. The molecule has 1 aromatic carbocycles. The van der Waals surface area contributed by atoms with Crippen LogP contribution in [0.3, 0.4) is 0 Å². The smallest absolute Gasteiger partial charge is 0.251 e. The van der Waals surface area contributed by atoms with Crippen molar-refractivity contribution in [2.75, 3.05) is 13.6 Å². The van der Waals surface area contributed by atoms with Gasteiger partial charge in [0.05, 0.1) is 6.54 Å². The van der Waals surface area contributed by atoms with E-state index in [0.717, 1.165) is 25.7 Å². The van der Waals surface area contributed by atoms with Crippen molar-refractivity contribution in [1.29, 1.82) is 0 Å². The van der Waals surface area contributed by atoms with Crippen LogP contribution in [0, 0.1) is 0 Å². The van der Waals surface area contributed by atoms with E-state index in [1.807, 2.05) is 13.1 Å². The topological polar surface area (TPSA) is 70.2 Å². The van der Waals surface area contributed by atoms with E-state index in [1.54, 1.807) is 24.3 Å². The van der Waals surface area contributed by atoms with E-state index in [4.69, 9.17) is 0 Å². The summed E-state index contributed by atoms with van der Waals surface area (Å²) in [6.07, 6.45) is 4.14. The highest BCUT2D eigenvalue weighted by Gasteiger charge is 2.21. The quantitative estimate of drug-likeness (QED) is 0.759. The van der Waals surface area contributed by atoms with E-state index in [9.17, 15) is 9.59 Å². The van der Waals surface area contributed by atoms with Gasteiger partial charge in [-0.3, -0.25) is 9.59 Å². The summed E-state index contributed by atoms with van der Waals surface area (Å²) < 4.78 is 0. The van der Waals surface area contributed by atoms with Crippen molar-refractivity contribution in [2.45, 2.75) is 37.8 Å². The molecule has 1 fully saturated rings. The van der Waals surface area contributed by atoms with Crippen molar-refractivity contribution >= 4 is 11.8 Å². The second kappa shape index (κ2) is 7.78. The molecule has 0 unspecified atom stereocenters. The van der Waals surface area contributed by atoms with Crippen molar-refractivity contribution < 1.29 is 9.59 Å². The predicted molar refractivity (Wildman–Crippen MR) is 82.0 cm³/mol. The summed E-state index contributed by atoms with van der Waals surface area (Å²) in [5.41, 5.74) is 0.569. The Labute approximate surface area is 125 Å². The van der Waals surface area contributed by atoms with E-state index in [2.05, 4.69) is 16.0 Å². The molecule has 2 rings (SSSR count). The van der Waals surface area contributed by atoms with Crippen LogP contribution >= 0.6 is 0 Å². The third-order valence-corrected chi connectivity index (χ3v) is 3.95. The highest BCUT2D eigenvalue weighted by Crippen LogP contribution is 2.18. The summed E-state index contributed by atoms with van der Waals surface area (Å²) >= 11 is 0. The number of amides is 2. The fourth-order valence-electron chi connectivity index (χ4n) is 2.66. The van der Waals surface area contributed by atoms with Crippen LogP contribution in [0.4, 0.5) is 0 Å². The van der Waals surface area contributed by atoms with Crippen LogP contribution < -0.4 is 16.0 Å². The third kappa shape index (κ3) is 4.86. The highest BCUT2D eigenvalue weighted by atomic mass is 16.2. The van der Waals surface area contributed by atoms with Gasteiger partial charge in [0.25, 0.3) is 5.91 Å². The largest absolute Gasteiger partial charge is 0.352 e. The van der Waals surface area contributed by atoms with Crippen LogP contribution in [0.5, 0.6) is 0 Å². The molecule has 0 radical (unpaired) electrons. The number of carbonyl (C=O) groups excluding carboxylic acids is 2. The lowest BCUT2D eigenvalue weighted by Gasteiger charge is -2.28. The van der Waals surface area contributed by atoms with Gasteiger partial charge in [0.15, 0.2) is 0 Å². The summed E-state index contributed by atoms with van der Waals surface area (Å²) in [6, 6.07) is 9.71. The second-order valence-corrected chi connectivity index (χ2v) is 5.45. The molecular weight excluding hydrogens is 266 g/mol. The minimum Gasteiger partial charge on any atom is -0.352 e. The molecule has 0 spiro atoms. The van der Waals surface area contributed by atoms with Crippen molar-refractivity contribution in [1.82, 2.24) is 16.0 Å². The summed E-state index contributed by atoms with van der Waals surface area (Å²) in [5.74, 6) is -0.336. The Morgan fingerprint density at radius 1 is 1.05 bits per heavy atom. The lowest BCUT2D eigenvalue weighted by molar-refractivity contribution is -0.121. The van der Waals surface area contributed by atoms with Gasteiger partial charge < -0.3 is 16.0 Å². The molecule has 2 amide bonds. The standard InChI is InChI=1S/C16H23N3O2/c1-17-13-7-9-14(10-8-13)19-15(20)11-18-16(21)12-5-3-2-4-6-12/h2-6,13-14,17H,7-11H2,1H3,(H,18,21)(H,19,20). The number of benzene rings is 1. The molecule has 0 aromatic heterocycles. The van der Waals surface area contributed by atoms with Gasteiger partial charge in [-0.15, -0.1) is 0 Å². The highest BCUT2D eigenvalue weighted by molar-refractivity contribution is 5.96. The first kappa shape index (κ1) is 15.5. The molecule has 0 heterocycles.